The summed E-state index contributed by atoms with van der Waals surface area (Å²) in [6.45, 7) is 0.789. The van der Waals surface area contributed by atoms with Crippen molar-refractivity contribution in [1.29, 1.82) is 0 Å². The predicted molar refractivity (Wildman–Crippen MR) is 104 cm³/mol. The summed E-state index contributed by atoms with van der Waals surface area (Å²) < 4.78 is 3.46. The number of nitrogens with one attached hydrogen (secondary N) is 2. The Bertz CT molecular complexity index is 1020. The van der Waals surface area contributed by atoms with Crippen molar-refractivity contribution in [3.63, 3.8) is 0 Å². The summed E-state index contributed by atoms with van der Waals surface area (Å²) in [6, 6.07) is 15.1. The van der Waals surface area contributed by atoms with Crippen molar-refractivity contribution in [3.05, 3.63) is 90.6 Å². The minimum Gasteiger partial charge on any atom is -0.334 e. The van der Waals surface area contributed by atoms with E-state index in [1.165, 1.54) is 0 Å². The summed E-state index contributed by atoms with van der Waals surface area (Å²) in [5.41, 5.74) is 2.86. The van der Waals surface area contributed by atoms with Gasteiger partial charge in [-0.15, -0.1) is 0 Å². The molecule has 8 heteroatoms. The van der Waals surface area contributed by atoms with Crippen LogP contribution in [0.4, 0.5) is 4.79 Å². The molecule has 140 valence electrons. The fraction of sp³-hybridized carbons (Fsp3) is 0.100. The van der Waals surface area contributed by atoms with Gasteiger partial charge in [-0.1, -0.05) is 18.2 Å². The number of pyridine rings is 1. The van der Waals surface area contributed by atoms with E-state index in [-0.39, 0.29) is 6.03 Å². The minimum absolute atomic E-state index is 0.244. The van der Waals surface area contributed by atoms with Crippen LogP contribution in [-0.4, -0.2) is 30.6 Å². The van der Waals surface area contributed by atoms with Crippen molar-refractivity contribution in [2.45, 2.75) is 13.1 Å². The Balaban J connectivity index is 1.31. The van der Waals surface area contributed by atoms with Crippen LogP contribution in [0, 0.1) is 0 Å². The highest BCUT2D eigenvalue weighted by Crippen LogP contribution is 2.10. The maximum Gasteiger partial charge on any atom is 0.315 e. The van der Waals surface area contributed by atoms with E-state index in [2.05, 4.69) is 25.8 Å². The molecule has 0 spiro atoms. The number of nitrogens with zero attached hydrogens (tertiary/aromatic N) is 5. The van der Waals surface area contributed by atoms with Gasteiger partial charge in [-0.25, -0.2) is 19.1 Å². The lowest BCUT2D eigenvalue weighted by molar-refractivity contribution is 0.240. The number of amides is 2. The highest BCUT2D eigenvalue weighted by atomic mass is 16.2. The Morgan fingerprint density at radius 1 is 0.821 bits per heavy atom. The fourth-order valence-electron chi connectivity index (χ4n) is 2.78. The molecular formula is C20H19N7O. The Morgan fingerprint density at radius 2 is 1.54 bits per heavy atom. The highest BCUT2D eigenvalue weighted by Gasteiger charge is 2.08. The number of benzene rings is 1. The summed E-state index contributed by atoms with van der Waals surface area (Å²) in [5, 5.41) is 14.1. The molecule has 0 bridgehead atoms. The first-order valence-electron chi connectivity index (χ1n) is 8.84. The third kappa shape index (κ3) is 4.07. The molecule has 1 aromatic carbocycles. The molecule has 0 saturated heterocycles. The molecule has 4 aromatic rings. The predicted octanol–water partition coefficient (Wildman–Crippen LogP) is 2.45. The maximum absolute atomic E-state index is 12.2. The van der Waals surface area contributed by atoms with E-state index < -0.39 is 0 Å². The van der Waals surface area contributed by atoms with Gasteiger partial charge in [0.2, 0.25) is 0 Å². The second-order valence-electron chi connectivity index (χ2n) is 6.09. The summed E-state index contributed by atoms with van der Waals surface area (Å²) in [7, 11) is 0. The summed E-state index contributed by atoms with van der Waals surface area (Å²) in [4.78, 5) is 16.5. The standard InChI is InChI=1S/C20H19N7O/c28-20(22-14-16-5-7-18(8-6-16)26-12-2-10-24-26)23-15-17-4-1-9-21-19(17)27-13-3-11-25-27/h1-13H,14-15H2,(H2,22,23,28). The molecule has 2 amide bonds. The number of urea groups is 1. The van der Waals surface area contributed by atoms with Gasteiger partial charge >= 0.3 is 6.03 Å². The van der Waals surface area contributed by atoms with Crippen LogP contribution in [0.3, 0.4) is 0 Å². The molecule has 2 N–H and O–H groups in total. The molecule has 0 unspecified atom stereocenters. The zero-order valence-corrected chi connectivity index (χ0v) is 15.1. The number of hydrogen-bond donors (Lipinski definition) is 2. The minimum atomic E-state index is -0.244. The lowest BCUT2D eigenvalue weighted by Crippen LogP contribution is -2.34. The Labute approximate surface area is 161 Å². The number of aromatic nitrogens is 5. The van der Waals surface area contributed by atoms with E-state index in [9.17, 15) is 4.79 Å². The van der Waals surface area contributed by atoms with Crippen LogP contribution < -0.4 is 10.6 Å². The van der Waals surface area contributed by atoms with Crippen LogP contribution in [0.5, 0.6) is 0 Å². The van der Waals surface area contributed by atoms with Gasteiger partial charge < -0.3 is 10.6 Å². The Kier molecular flexibility index (Phi) is 5.10. The van der Waals surface area contributed by atoms with Gasteiger partial charge in [-0.3, -0.25) is 0 Å². The average molecular weight is 373 g/mol. The molecular weight excluding hydrogens is 354 g/mol. The second kappa shape index (κ2) is 8.17. The summed E-state index contributed by atoms with van der Waals surface area (Å²) >= 11 is 0. The zero-order chi connectivity index (χ0) is 19.2. The second-order valence-corrected chi connectivity index (χ2v) is 6.09. The van der Waals surface area contributed by atoms with E-state index in [0.717, 1.165) is 16.8 Å². The fourth-order valence-corrected chi connectivity index (χ4v) is 2.78. The molecule has 0 saturated carbocycles. The van der Waals surface area contributed by atoms with E-state index in [4.69, 9.17) is 0 Å². The van der Waals surface area contributed by atoms with Crippen LogP contribution >= 0.6 is 0 Å². The first kappa shape index (κ1) is 17.5. The lowest BCUT2D eigenvalue weighted by atomic mass is 10.2. The van der Waals surface area contributed by atoms with Crippen molar-refractivity contribution < 1.29 is 4.79 Å². The molecule has 0 radical (unpaired) electrons. The van der Waals surface area contributed by atoms with Gasteiger partial charge in [0.1, 0.15) is 0 Å². The van der Waals surface area contributed by atoms with Gasteiger partial charge in [-0.05, 0) is 35.9 Å². The molecule has 0 fully saturated rings. The summed E-state index contributed by atoms with van der Waals surface area (Å²) in [5.74, 6) is 0.696. The van der Waals surface area contributed by atoms with Crippen LogP contribution in [0.25, 0.3) is 11.5 Å². The molecule has 3 aromatic heterocycles. The van der Waals surface area contributed by atoms with Gasteiger partial charge in [0.25, 0.3) is 0 Å². The monoisotopic (exact) mass is 373 g/mol. The third-order valence-electron chi connectivity index (χ3n) is 4.19. The molecule has 0 atom stereocenters. The molecule has 8 nitrogen and oxygen atoms in total. The zero-order valence-electron chi connectivity index (χ0n) is 15.1. The Hall–Kier alpha value is -3.94. The highest BCUT2D eigenvalue weighted by molar-refractivity contribution is 5.73. The van der Waals surface area contributed by atoms with Crippen molar-refractivity contribution in [2.75, 3.05) is 0 Å². The smallest absolute Gasteiger partial charge is 0.315 e. The number of hydrogen-bond acceptors (Lipinski definition) is 4. The van der Waals surface area contributed by atoms with E-state index in [1.807, 2.05) is 60.9 Å². The number of rotatable bonds is 6. The first-order valence-corrected chi connectivity index (χ1v) is 8.84. The van der Waals surface area contributed by atoms with Gasteiger partial charge in [-0.2, -0.15) is 10.2 Å². The van der Waals surface area contributed by atoms with Crippen LogP contribution in [0.15, 0.2) is 79.5 Å². The van der Waals surface area contributed by atoms with Gasteiger partial charge in [0, 0.05) is 49.6 Å². The normalized spacial score (nSPS) is 10.6. The largest absolute Gasteiger partial charge is 0.334 e. The van der Waals surface area contributed by atoms with E-state index >= 15 is 0 Å². The molecule has 4 rings (SSSR count). The third-order valence-corrected chi connectivity index (χ3v) is 4.19. The SMILES string of the molecule is O=C(NCc1ccc(-n2cccn2)cc1)NCc1cccnc1-n1cccn1. The first-order chi connectivity index (χ1) is 13.8. The number of carbonyl (C=O) groups is 1. The van der Waals surface area contributed by atoms with Crippen molar-refractivity contribution in [1.82, 2.24) is 35.2 Å². The lowest BCUT2D eigenvalue weighted by Gasteiger charge is -2.11. The van der Waals surface area contributed by atoms with Crippen LogP contribution in [0.1, 0.15) is 11.1 Å². The van der Waals surface area contributed by atoms with Gasteiger partial charge in [0.05, 0.1) is 5.69 Å². The summed E-state index contributed by atoms with van der Waals surface area (Å²) in [6.07, 6.45) is 8.83. The van der Waals surface area contributed by atoms with E-state index in [0.29, 0.717) is 18.9 Å². The van der Waals surface area contributed by atoms with E-state index in [1.54, 1.807) is 28.0 Å². The van der Waals surface area contributed by atoms with Crippen molar-refractivity contribution >= 4 is 6.03 Å². The van der Waals surface area contributed by atoms with Crippen molar-refractivity contribution in [2.24, 2.45) is 0 Å². The van der Waals surface area contributed by atoms with Gasteiger partial charge in [0.15, 0.2) is 5.82 Å². The number of carbonyl (C=O) groups excluding carboxylic acids is 1. The molecule has 0 aliphatic carbocycles. The topological polar surface area (TPSA) is 89.7 Å². The maximum atomic E-state index is 12.2. The molecule has 0 aliphatic heterocycles. The average Bonchev–Trinajstić information content (AvgIpc) is 3.46. The van der Waals surface area contributed by atoms with Crippen LogP contribution in [-0.2, 0) is 13.1 Å². The molecule has 3 heterocycles. The quantitative estimate of drug-likeness (QED) is 0.543. The van der Waals surface area contributed by atoms with Crippen molar-refractivity contribution in [3.8, 4) is 11.5 Å². The molecule has 28 heavy (non-hydrogen) atoms. The Morgan fingerprint density at radius 3 is 2.25 bits per heavy atom. The molecule has 0 aliphatic rings. The van der Waals surface area contributed by atoms with Crippen LogP contribution in [0.2, 0.25) is 0 Å².